The van der Waals surface area contributed by atoms with Gasteiger partial charge in [0.05, 0.1) is 0 Å². The molecule has 0 atom stereocenters. The molecule has 0 fully saturated rings. The van der Waals surface area contributed by atoms with Crippen LogP contribution in [-0.2, 0) is 10.2 Å². The van der Waals surface area contributed by atoms with Crippen LogP contribution in [0.3, 0.4) is 0 Å². The van der Waals surface area contributed by atoms with Crippen molar-refractivity contribution >= 4 is 12.0 Å². The summed E-state index contributed by atoms with van der Waals surface area (Å²) in [6.45, 7) is 6.18. The van der Waals surface area contributed by atoms with Gasteiger partial charge in [-0.2, -0.15) is 0 Å². The molecular formula is C13H16O3. The third-order valence-corrected chi connectivity index (χ3v) is 2.30. The Kier molecular flexibility index (Phi) is 3.38. The van der Waals surface area contributed by atoms with Crippen LogP contribution in [0, 0.1) is 0 Å². The van der Waals surface area contributed by atoms with Crippen LogP contribution >= 0.6 is 0 Å². The first-order chi connectivity index (χ1) is 7.30. The number of phenolic OH excluding ortho intramolecular Hbond substituents is 1. The number of carboxylic acids is 1. The highest BCUT2D eigenvalue weighted by atomic mass is 16.4. The van der Waals surface area contributed by atoms with Crippen LogP contribution in [0.25, 0.3) is 6.08 Å². The van der Waals surface area contributed by atoms with Crippen molar-refractivity contribution in [2.24, 2.45) is 0 Å². The summed E-state index contributed by atoms with van der Waals surface area (Å²) in [6.07, 6.45) is 2.41. The van der Waals surface area contributed by atoms with Crippen LogP contribution in [-0.4, -0.2) is 16.2 Å². The summed E-state index contributed by atoms with van der Waals surface area (Å²) < 4.78 is 0. The highest BCUT2D eigenvalue weighted by Crippen LogP contribution is 2.27. The maximum atomic E-state index is 10.4. The fourth-order valence-corrected chi connectivity index (χ4v) is 1.32. The Bertz CT molecular complexity index is 425. The lowest BCUT2D eigenvalue weighted by molar-refractivity contribution is -0.131. The molecule has 0 bridgehead atoms. The molecule has 3 heteroatoms. The molecule has 0 heterocycles. The maximum absolute atomic E-state index is 10.4. The average molecular weight is 220 g/mol. The van der Waals surface area contributed by atoms with Gasteiger partial charge in [-0.25, -0.2) is 4.79 Å². The number of hydrogen-bond donors (Lipinski definition) is 2. The minimum atomic E-state index is -1.03. The Labute approximate surface area is 95.0 Å². The molecule has 1 aromatic carbocycles. The van der Waals surface area contributed by atoms with Gasteiger partial charge >= 0.3 is 5.97 Å². The van der Waals surface area contributed by atoms with Crippen LogP contribution in [0.2, 0.25) is 0 Å². The van der Waals surface area contributed by atoms with Crippen LogP contribution < -0.4 is 0 Å². The molecule has 0 saturated carbocycles. The third-order valence-electron chi connectivity index (χ3n) is 2.30. The Balaban J connectivity index is 3.14. The summed E-state index contributed by atoms with van der Waals surface area (Å²) in [7, 11) is 0. The molecule has 16 heavy (non-hydrogen) atoms. The van der Waals surface area contributed by atoms with Crippen molar-refractivity contribution in [2.45, 2.75) is 26.2 Å². The van der Waals surface area contributed by atoms with E-state index in [1.165, 1.54) is 6.08 Å². The van der Waals surface area contributed by atoms with Gasteiger partial charge in [0.2, 0.25) is 0 Å². The summed E-state index contributed by atoms with van der Waals surface area (Å²) in [6, 6.07) is 5.23. The summed E-state index contributed by atoms with van der Waals surface area (Å²) in [5.41, 5.74) is 1.55. The topological polar surface area (TPSA) is 57.5 Å². The fourth-order valence-electron chi connectivity index (χ4n) is 1.32. The van der Waals surface area contributed by atoms with Gasteiger partial charge in [-0.15, -0.1) is 0 Å². The predicted molar refractivity (Wildman–Crippen MR) is 63.5 cm³/mol. The predicted octanol–water partition coefficient (Wildman–Crippen LogP) is 2.79. The Morgan fingerprint density at radius 2 is 1.94 bits per heavy atom. The average Bonchev–Trinajstić information content (AvgIpc) is 2.14. The molecule has 0 aromatic heterocycles. The number of aliphatic carboxylic acids is 1. The summed E-state index contributed by atoms with van der Waals surface area (Å²) >= 11 is 0. The number of aromatic hydroxyl groups is 1. The van der Waals surface area contributed by atoms with Gasteiger partial charge in [0.1, 0.15) is 5.75 Å². The van der Waals surface area contributed by atoms with E-state index in [0.717, 1.165) is 11.6 Å². The van der Waals surface area contributed by atoms with Gasteiger partial charge < -0.3 is 10.2 Å². The highest BCUT2D eigenvalue weighted by Gasteiger charge is 2.14. The molecule has 0 aliphatic rings. The standard InChI is InChI=1S/C13H16O3/c1-13(2,3)10-5-6-11(14)9(8-10)4-7-12(15)16/h4-8,14H,1-3H3,(H,15,16). The molecule has 2 N–H and O–H groups in total. The maximum Gasteiger partial charge on any atom is 0.328 e. The lowest BCUT2D eigenvalue weighted by Gasteiger charge is -2.19. The third kappa shape index (κ3) is 3.12. The monoisotopic (exact) mass is 220 g/mol. The second-order valence-corrected chi connectivity index (χ2v) is 4.70. The zero-order valence-electron chi connectivity index (χ0n) is 9.69. The zero-order chi connectivity index (χ0) is 12.3. The Hall–Kier alpha value is -1.77. The second-order valence-electron chi connectivity index (χ2n) is 4.70. The smallest absolute Gasteiger partial charge is 0.328 e. The van der Waals surface area contributed by atoms with Gasteiger partial charge in [-0.1, -0.05) is 26.8 Å². The Morgan fingerprint density at radius 1 is 1.31 bits per heavy atom. The SMILES string of the molecule is CC(C)(C)c1ccc(O)c(C=CC(=O)O)c1. The normalized spacial score (nSPS) is 11.9. The number of hydrogen-bond acceptors (Lipinski definition) is 2. The first-order valence-electron chi connectivity index (χ1n) is 5.05. The van der Waals surface area contributed by atoms with Crippen LogP contribution in [0.5, 0.6) is 5.75 Å². The van der Waals surface area contributed by atoms with E-state index in [0.29, 0.717) is 5.56 Å². The minimum absolute atomic E-state index is 0.0283. The quantitative estimate of drug-likeness (QED) is 0.753. The van der Waals surface area contributed by atoms with Crippen molar-refractivity contribution in [3.8, 4) is 5.75 Å². The van der Waals surface area contributed by atoms with E-state index in [-0.39, 0.29) is 11.2 Å². The Morgan fingerprint density at radius 3 is 2.44 bits per heavy atom. The minimum Gasteiger partial charge on any atom is -0.507 e. The largest absolute Gasteiger partial charge is 0.507 e. The van der Waals surface area contributed by atoms with Gasteiger partial charge in [0, 0.05) is 11.6 Å². The molecule has 0 unspecified atom stereocenters. The molecular weight excluding hydrogens is 204 g/mol. The van der Waals surface area contributed by atoms with Crippen LogP contribution in [0.1, 0.15) is 31.9 Å². The van der Waals surface area contributed by atoms with Crippen molar-refractivity contribution in [1.82, 2.24) is 0 Å². The van der Waals surface area contributed by atoms with E-state index in [2.05, 4.69) is 20.8 Å². The van der Waals surface area contributed by atoms with E-state index in [9.17, 15) is 9.90 Å². The fraction of sp³-hybridized carbons (Fsp3) is 0.308. The lowest BCUT2D eigenvalue weighted by atomic mass is 9.86. The van der Waals surface area contributed by atoms with E-state index in [4.69, 9.17) is 5.11 Å². The van der Waals surface area contributed by atoms with Gasteiger partial charge in [0.15, 0.2) is 0 Å². The molecule has 0 saturated heterocycles. The van der Waals surface area contributed by atoms with Crippen LogP contribution in [0.4, 0.5) is 0 Å². The number of rotatable bonds is 2. The molecule has 1 rings (SSSR count). The molecule has 0 spiro atoms. The van der Waals surface area contributed by atoms with Crippen molar-refractivity contribution in [3.05, 3.63) is 35.4 Å². The van der Waals surface area contributed by atoms with Gasteiger partial charge in [-0.3, -0.25) is 0 Å². The van der Waals surface area contributed by atoms with E-state index >= 15 is 0 Å². The van der Waals surface area contributed by atoms with E-state index < -0.39 is 5.97 Å². The number of benzene rings is 1. The lowest BCUT2D eigenvalue weighted by Crippen LogP contribution is -2.10. The first kappa shape index (κ1) is 12.3. The van der Waals surface area contributed by atoms with Crippen molar-refractivity contribution in [2.75, 3.05) is 0 Å². The molecule has 86 valence electrons. The molecule has 0 aliphatic carbocycles. The summed E-state index contributed by atoms with van der Waals surface area (Å²) in [4.78, 5) is 10.4. The summed E-state index contributed by atoms with van der Waals surface area (Å²) in [5.74, 6) is -0.939. The van der Waals surface area contributed by atoms with E-state index in [1.807, 2.05) is 6.07 Å². The molecule has 0 amide bonds. The van der Waals surface area contributed by atoms with Gasteiger partial charge in [-0.05, 0) is 29.2 Å². The van der Waals surface area contributed by atoms with Gasteiger partial charge in [0.25, 0.3) is 0 Å². The molecule has 0 aliphatic heterocycles. The zero-order valence-corrected chi connectivity index (χ0v) is 9.69. The molecule has 3 nitrogen and oxygen atoms in total. The van der Waals surface area contributed by atoms with Crippen molar-refractivity contribution < 1.29 is 15.0 Å². The van der Waals surface area contributed by atoms with E-state index in [1.54, 1.807) is 12.1 Å². The van der Waals surface area contributed by atoms with Crippen LogP contribution in [0.15, 0.2) is 24.3 Å². The number of phenols is 1. The first-order valence-corrected chi connectivity index (χ1v) is 5.05. The summed E-state index contributed by atoms with van der Waals surface area (Å²) in [5, 5.41) is 18.1. The number of carboxylic acid groups (broad SMARTS) is 1. The second kappa shape index (κ2) is 4.39. The van der Waals surface area contributed by atoms with Crippen molar-refractivity contribution in [3.63, 3.8) is 0 Å². The molecule has 0 radical (unpaired) electrons. The van der Waals surface area contributed by atoms with Crippen molar-refractivity contribution in [1.29, 1.82) is 0 Å². The molecule has 1 aromatic rings. The highest BCUT2D eigenvalue weighted by molar-refractivity contribution is 5.85. The number of carbonyl (C=O) groups is 1.